The summed E-state index contributed by atoms with van der Waals surface area (Å²) in [6, 6.07) is 3.50. The highest BCUT2D eigenvalue weighted by Gasteiger charge is 2.28. The SMILES string of the molecule is CC1CCN(CC(=O)O)CCN(CC(=O)O)CCNC(Cc2ccc(NC(=S)NCCCCCCNC(=O)CCC(NC(=O)NC(CCC(=O)O)C(=O)O)C(=O)O)cc2)CC1CC(=O)O. The zero-order valence-electron chi connectivity index (χ0n) is 36.8. The second kappa shape index (κ2) is 30.5. The normalized spacial score (nSPS) is 18.5. The van der Waals surface area contributed by atoms with Crippen LogP contribution < -0.4 is 31.9 Å². The van der Waals surface area contributed by atoms with Crippen LogP contribution in [0.5, 0.6) is 0 Å². The predicted molar refractivity (Wildman–Crippen MR) is 241 cm³/mol. The average molecular weight is 939 g/mol. The minimum Gasteiger partial charge on any atom is -0.481 e. The van der Waals surface area contributed by atoms with Crippen molar-refractivity contribution in [1.29, 1.82) is 0 Å². The van der Waals surface area contributed by atoms with Gasteiger partial charge in [-0.3, -0.25) is 33.8 Å². The van der Waals surface area contributed by atoms with E-state index in [1.165, 1.54) is 0 Å². The number of carboxylic acids is 6. The van der Waals surface area contributed by atoms with E-state index in [0.29, 0.717) is 76.6 Å². The van der Waals surface area contributed by atoms with E-state index in [1.807, 2.05) is 36.5 Å². The van der Waals surface area contributed by atoms with Crippen LogP contribution in [-0.2, 0) is 40.0 Å². The van der Waals surface area contributed by atoms with Crippen molar-refractivity contribution >= 4 is 70.8 Å². The molecule has 2 rings (SSSR count). The van der Waals surface area contributed by atoms with E-state index >= 15 is 0 Å². The zero-order chi connectivity index (χ0) is 48.3. The molecule has 0 spiro atoms. The summed E-state index contributed by atoms with van der Waals surface area (Å²) < 4.78 is 0. The first-order valence-corrected chi connectivity index (χ1v) is 22.2. The van der Waals surface area contributed by atoms with Gasteiger partial charge in [-0.2, -0.15) is 0 Å². The van der Waals surface area contributed by atoms with E-state index in [1.54, 1.807) is 9.80 Å². The number of nitrogens with zero attached hydrogens (tertiary/aromatic N) is 2. The van der Waals surface area contributed by atoms with Crippen molar-refractivity contribution in [3.05, 3.63) is 29.8 Å². The van der Waals surface area contributed by atoms with Crippen molar-refractivity contribution < 1.29 is 69.0 Å². The molecule has 1 aromatic carbocycles. The Kier molecular flexibility index (Phi) is 26.0. The third-order valence-corrected chi connectivity index (χ3v) is 11.2. The van der Waals surface area contributed by atoms with Crippen molar-refractivity contribution in [1.82, 2.24) is 36.4 Å². The van der Waals surface area contributed by atoms with Crippen LogP contribution in [0.15, 0.2) is 24.3 Å². The first-order chi connectivity index (χ1) is 30.8. The Morgan fingerprint density at radius 3 is 1.80 bits per heavy atom. The smallest absolute Gasteiger partial charge is 0.326 e. The van der Waals surface area contributed by atoms with E-state index in [0.717, 1.165) is 30.5 Å². The van der Waals surface area contributed by atoms with E-state index in [9.17, 15) is 63.9 Å². The quantitative estimate of drug-likeness (QED) is 0.0460. The Hall–Kier alpha value is -5.65. The number of hydrogen-bond acceptors (Lipinski definition) is 12. The van der Waals surface area contributed by atoms with Crippen LogP contribution in [0.4, 0.5) is 10.5 Å². The summed E-state index contributed by atoms with van der Waals surface area (Å²) in [5, 5.41) is 73.2. The Morgan fingerprint density at radius 2 is 1.26 bits per heavy atom. The molecule has 12 N–H and O–H groups in total. The molecule has 5 atom stereocenters. The molecular formula is C42H66N8O14S. The first-order valence-electron chi connectivity index (χ1n) is 21.8. The summed E-state index contributed by atoms with van der Waals surface area (Å²) in [4.78, 5) is 96.7. The summed E-state index contributed by atoms with van der Waals surface area (Å²) in [5.41, 5.74) is 1.78. The molecule has 1 aliphatic heterocycles. The number of nitrogens with one attached hydrogen (secondary N) is 6. The van der Waals surface area contributed by atoms with Crippen molar-refractivity contribution in [3.63, 3.8) is 0 Å². The Morgan fingerprint density at radius 1 is 0.708 bits per heavy atom. The maximum absolute atomic E-state index is 12.3. The molecule has 65 heavy (non-hydrogen) atoms. The lowest BCUT2D eigenvalue weighted by Crippen LogP contribution is -2.51. The molecule has 1 fully saturated rings. The second-order valence-corrected chi connectivity index (χ2v) is 16.7. The van der Waals surface area contributed by atoms with Gasteiger partial charge in [0.05, 0.1) is 13.1 Å². The first kappa shape index (κ1) is 55.5. The monoisotopic (exact) mass is 938 g/mol. The van der Waals surface area contributed by atoms with Crippen LogP contribution in [0.1, 0.15) is 83.1 Å². The molecule has 0 aromatic heterocycles. The summed E-state index contributed by atoms with van der Waals surface area (Å²) in [6.45, 7) is 4.67. The van der Waals surface area contributed by atoms with Crippen molar-refractivity contribution in [2.24, 2.45) is 11.8 Å². The van der Waals surface area contributed by atoms with Gasteiger partial charge in [-0.25, -0.2) is 14.4 Å². The fraction of sp³-hybridized carbons (Fsp3) is 0.643. The molecule has 1 aromatic rings. The van der Waals surface area contributed by atoms with Gasteiger partial charge in [-0.05, 0) is 93.2 Å². The Balaban J connectivity index is 1.78. The number of carbonyl (C=O) groups excluding carboxylic acids is 2. The number of unbranched alkanes of at least 4 members (excludes halogenated alkanes) is 3. The molecule has 5 unspecified atom stereocenters. The number of anilines is 1. The van der Waals surface area contributed by atoms with Gasteiger partial charge in [0, 0.05) is 70.3 Å². The zero-order valence-corrected chi connectivity index (χ0v) is 37.6. The van der Waals surface area contributed by atoms with Crippen molar-refractivity contribution in [2.75, 3.05) is 64.2 Å². The van der Waals surface area contributed by atoms with Gasteiger partial charge in [0.15, 0.2) is 5.11 Å². The van der Waals surface area contributed by atoms with Crippen LogP contribution in [0.2, 0.25) is 0 Å². The van der Waals surface area contributed by atoms with Gasteiger partial charge in [0.25, 0.3) is 0 Å². The number of carboxylic acid groups (broad SMARTS) is 6. The standard InChI is InChI=1S/C42H66N8O14S/c1-27-14-18-49(25-37(56)57)20-21-50(26-38(58)59)19-17-43-31(23-29(27)24-36(54)55)22-28-6-8-30(9-7-28)46-42(65)45-16-5-3-2-4-15-44-34(51)12-10-32(39(60)61)47-41(64)48-33(40(62)63)11-13-35(52)53/h6-9,27,29,31-33,43H,2-5,10-26H2,1H3,(H,44,51)(H,52,53)(H,54,55)(H,56,57)(H,58,59)(H,60,61)(H,62,63)(H2,45,46,65)(H2,47,48,64). The minimum atomic E-state index is -1.54. The highest BCUT2D eigenvalue weighted by molar-refractivity contribution is 7.80. The van der Waals surface area contributed by atoms with E-state index in [2.05, 4.69) is 26.6 Å². The van der Waals surface area contributed by atoms with Gasteiger partial charge in [0.1, 0.15) is 12.1 Å². The molecule has 0 bridgehead atoms. The number of urea groups is 1. The van der Waals surface area contributed by atoms with Gasteiger partial charge in [0.2, 0.25) is 5.91 Å². The van der Waals surface area contributed by atoms with E-state index in [-0.39, 0.29) is 50.2 Å². The molecule has 23 heteroatoms. The van der Waals surface area contributed by atoms with Crippen LogP contribution in [0.25, 0.3) is 0 Å². The number of benzene rings is 1. The molecule has 22 nitrogen and oxygen atoms in total. The van der Waals surface area contributed by atoms with Gasteiger partial charge in [-0.1, -0.05) is 31.9 Å². The van der Waals surface area contributed by atoms with Crippen molar-refractivity contribution in [3.8, 4) is 0 Å². The molecule has 1 aliphatic rings. The van der Waals surface area contributed by atoms with Crippen molar-refractivity contribution in [2.45, 2.75) is 102 Å². The number of thiocarbonyl (C=S) groups is 1. The lowest BCUT2D eigenvalue weighted by molar-refractivity contribution is -0.141. The summed E-state index contributed by atoms with van der Waals surface area (Å²) >= 11 is 5.47. The maximum Gasteiger partial charge on any atom is 0.326 e. The minimum absolute atomic E-state index is 0.00565. The van der Waals surface area contributed by atoms with Crippen LogP contribution >= 0.6 is 12.2 Å². The second-order valence-electron chi connectivity index (χ2n) is 16.3. The summed E-state index contributed by atoms with van der Waals surface area (Å²) in [5.74, 6) is -7.62. The lowest BCUT2D eigenvalue weighted by atomic mass is 9.82. The topological polar surface area (TPSA) is 337 Å². The molecule has 0 saturated carbocycles. The van der Waals surface area contributed by atoms with Crippen LogP contribution in [0, 0.1) is 11.8 Å². The largest absolute Gasteiger partial charge is 0.481 e. The fourth-order valence-corrected chi connectivity index (χ4v) is 7.54. The summed E-state index contributed by atoms with van der Waals surface area (Å²) in [6.07, 6.45) is 3.45. The fourth-order valence-electron chi connectivity index (χ4n) is 7.32. The third kappa shape index (κ3) is 25.4. The molecule has 1 heterocycles. The molecule has 1 saturated heterocycles. The highest BCUT2D eigenvalue weighted by atomic mass is 32.1. The van der Waals surface area contributed by atoms with Gasteiger partial charge >= 0.3 is 41.8 Å². The van der Waals surface area contributed by atoms with E-state index < -0.39 is 72.7 Å². The van der Waals surface area contributed by atoms with Crippen LogP contribution in [0.3, 0.4) is 0 Å². The van der Waals surface area contributed by atoms with E-state index in [4.69, 9.17) is 17.3 Å². The molecule has 0 radical (unpaired) electrons. The average Bonchev–Trinajstić information content (AvgIpc) is 3.22. The predicted octanol–water partition coefficient (Wildman–Crippen LogP) is 1.29. The third-order valence-electron chi connectivity index (χ3n) is 11.0. The Labute approximate surface area is 383 Å². The Bertz CT molecular complexity index is 1740. The van der Waals surface area contributed by atoms with Gasteiger partial charge in [-0.15, -0.1) is 0 Å². The summed E-state index contributed by atoms with van der Waals surface area (Å²) in [7, 11) is 0. The maximum atomic E-state index is 12.3. The number of carbonyl (C=O) groups is 8. The molecule has 3 amide bonds. The van der Waals surface area contributed by atoms with Crippen LogP contribution in [-0.4, -0.2) is 170 Å². The lowest BCUT2D eigenvalue weighted by Gasteiger charge is -2.29. The number of hydrogen-bond donors (Lipinski definition) is 12. The number of aliphatic carboxylic acids is 6. The molecule has 364 valence electrons. The molecular weight excluding hydrogens is 873 g/mol. The number of amides is 3. The molecule has 0 aliphatic carbocycles. The highest BCUT2D eigenvalue weighted by Crippen LogP contribution is 2.27. The van der Waals surface area contributed by atoms with Gasteiger partial charge < -0.3 is 62.5 Å². The number of rotatable bonds is 26.